The average molecular weight is 561 g/mol. The van der Waals surface area contributed by atoms with Crippen molar-refractivity contribution in [2.45, 2.75) is 157 Å². The van der Waals surface area contributed by atoms with Crippen molar-refractivity contribution in [2.24, 2.45) is 45.3 Å². The number of esters is 2. The SMILES string of the molecule is CC(=O)O[C@@H]1C[C@@H]2[C@@]3(C)CC[C@@H](OC(C)=O)C(C)(C)[C@H]3CC[C@@]2(C)[C@]2(C)CC[C@H]([C@]3(C)CC[C@H](C(C)(C)O)O3)[C@@H]12. The lowest BCUT2D eigenvalue weighted by Gasteiger charge is -2.70. The maximum Gasteiger partial charge on any atom is 0.302 e. The third kappa shape index (κ3) is 4.31. The fourth-order valence-electron chi connectivity index (χ4n) is 11.8. The number of ether oxygens (including phenoxy) is 3. The lowest BCUT2D eigenvalue weighted by molar-refractivity contribution is -0.254. The number of rotatable bonds is 4. The van der Waals surface area contributed by atoms with Crippen LogP contribution in [0, 0.1) is 45.3 Å². The van der Waals surface area contributed by atoms with Gasteiger partial charge in [0.25, 0.3) is 0 Å². The molecule has 0 radical (unpaired) electrons. The lowest BCUT2D eigenvalue weighted by Crippen LogP contribution is -2.67. The molecule has 5 aliphatic rings. The largest absolute Gasteiger partial charge is 0.462 e. The summed E-state index contributed by atoms with van der Waals surface area (Å²) < 4.78 is 19.0. The molecule has 5 fully saturated rings. The van der Waals surface area contributed by atoms with Gasteiger partial charge >= 0.3 is 11.9 Å². The molecule has 5 rings (SSSR count). The van der Waals surface area contributed by atoms with E-state index in [0.29, 0.717) is 11.8 Å². The minimum Gasteiger partial charge on any atom is -0.462 e. The van der Waals surface area contributed by atoms with Crippen LogP contribution in [0.25, 0.3) is 0 Å². The molecule has 0 unspecified atom stereocenters. The summed E-state index contributed by atoms with van der Waals surface area (Å²) in [5.41, 5.74) is -1.10. The van der Waals surface area contributed by atoms with Crippen molar-refractivity contribution >= 4 is 11.9 Å². The second-order valence-corrected chi connectivity index (χ2v) is 16.6. The summed E-state index contributed by atoms with van der Waals surface area (Å²) in [5, 5.41) is 10.8. The third-order valence-electron chi connectivity index (χ3n) is 13.8. The fraction of sp³-hybridized carbons (Fsp3) is 0.941. The van der Waals surface area contributed by atoms with Gasteiger partial charge in [-0.3, -0.25) is 9.59 Å². The minimum atomic E-state index is -0.872. The van der Waals surface area contributed by atoms with Gasteiger partial charge in [-0.1, -0.05) is 34.6 Å². The van der Waals surface area contributed by atoms with E-state index in [-0.39, 0.29) is 69.3 Å². The number of carbonyl (C=O) groups is 2. The molecular weight excluding hydrogens is 504 g/mol. The van der Waals surface area contributed by atoms with Crippen LogP contribution >= 0.6 is 0 Å². The molecule has 6 nitrogen and oxygen atoms in total. The summed E-state index contributed by atoms with van der Waals surface area (Å²) in [5.74, 6) is 1.00. The van der Waals surface area contributed by atoms with E-state index < -0.39 is 5.60 Å². The molecule has 0 amide bonds. The molecule has 11 atom stereocenters. The Hall–Kier alpha value is -1.14. The van der Waals surface area contributed by atoms with Crippen LogP contribution in [-0.2, 0) is 23.8 Å². The molecule has 4 saturated carbocycles. The highest BCUT2D eigenvalue weighted by atomic mass is 16.6. The Morgan fingerprint density at radius 1 is 0.800 bits per heavy atom. The van der Waals surface area contributed by atoms with Gasteiger partial charge in [-0.25, -0.2) is 0 Å². The molecule has 6 heteroatoms. The number of carbonyl (C=O) groups excluding carboxylic acids is 2. The second-order valence-electron chi connectivity index (χ2n) is 16.6. The molecule has 40 heavy (non-hydrogen) atoms. The number of fused-ring (bicyclic) bond motifs is 5. The van der Waals surface area contributed by atoms with E-state index >= 15 is 0 Å². The fourth-order valence-corrected chi connectivity index (χ4v) is 11.8. The highest BCUT2D eigenvalue weighted by Crippen LogP contribution is 2.76. The topological polar surface area (TPSA) is 82.1 Å². The Balaban J connectivity index is 1.52. The highest BCUT2D eigenvalue weighted by Gasteiger charge is 2.72. The van der Waals surface area contributed by atoms with Crippen molar-refractivity contribution in [3.63, 3.8) is 0 Å². The zero-order chi connectivity index (χ0) is 29.7. The van der Waals surface area contributed by atoms with Gasteiger partial charge in [0.05, 0.1) is 17.3 Å². The van der Waals surface area contributed by atoms with Crippen molar-refractivity contribution in [3.8, 4) is 0 Å². The average Bonchev–Trinajstić information content (AvgIpc) is 3.39. The quantitative estimate of drug-likeness (QED) is 0.379. The van der Waals surface area contributed by atoms with Crippen LogP contribution in [-0.4, -0.2) is 46.6 Å². The molecule has 1 heterocycles. The Morgan fingerprint density at radius 3 is 2.00 bits per heavy atom. The van der Waals surface area contributed by atoms with Crippen molar-refractivity contribution in [2.75, 3.05) is 0 Å². The lowest BCUT2D eigenvalue weighted by atomic mass is 9.35. The van der Waals surface area contributed by atoms with Crippen molar-refractivity contribution < 1.29 is 28.9 Å². The van der Waals surface area contributed by atoms with Crippen molar-refractivity contribution in [1.82, 2.24) is 0 Å². The van der Waals surface area contributed by atoms with Gasteiger partial charge in [0, 0.05) is 25.2 Å². The third-order valence-corrected chi connectivity index (χ3v) is 13.8. The number of hydrogen-bond acceptors (Lipinski definition) is 6. The maximum absolute atomic E-state index is 12.6. The van der Waals surface area contributed by atoms with Gasteiger partial charge < -0.3 is 19.3 Å². The van der Waals surface area contributed by atoms with Crippen molar-refractivity contribution in [1.29, 1.82) is 0 Å². The molecule has 4 aliphatic carbocycles. The first-order valence-electron chi connectivity index (χ1n) is 16.0. The van der Waals surface area contributed by atoms with Gasteiger partial charge in [-0.05, 0) is 113 Å². The van der Waals surface area contributed by atoms with E-state index in [1.807, 2.05) is 13.8 Å². The first-order valence-corrected chi connectivity index (χ1v) is 16.0. The van der Waals surface area contributed by atoms with Crippen LogP contribution < -0.4 is 0 Å². The Labute approximate surface area is 242 Å². The predicted octanol–water partition coefficient (Wildman–Crippen LogP) is 6.85. The molecule has 0 bridgehead atoms. The van der Waals surface area contributed by atoms with E-state index in [4.69, 9.17) is 14.2 Å². The molecule has 0 aromatic heterocycles. The van der Waals surface area contributed by atoms with Crippen LogP contribution in [0.2, 0.25) is 0 Å². The summed E-state index contributed by atoms with van der Waals surface area (Å²) in [6.07, 6.45) is 8.68. The van der Waals surface area contributed by atoms with Gasteiger partial charge in [0.2, 0.25) is 0 Å². The van der Waals surface area contributed by atoms with Gasteiger partial charge in [0.1, 0.15) is 12.2 Å². The standard InChI is InChI=1S/C34H56O6/c1-20(35)38-23-19-25-31(7)15-13-26(39-21(2)36)29(3,4)24(31)12-17-32(25,8)33(9)16-11-22(28(23)33)34(10)18-14-27(40-34)30(5,6)37/h22-28,37H,11-19H2,1-10H3/t22-,23+,24+,25+,26+,27+,28-,31-,32+,33+,34-/m0/s1. The summed E-state index contributed by atoms with van der Waals surface area (Å²) in [6.45, 7) is 21.2. The van der Waals surface area contributed by atoms with Crippen LogP contribution in [0.1, 0.15) is 127 Å². The van der Waals surface area contributed by atoms with Gasteiger partial charge in [0.15, 0.2) is 0 Å². The normalized spacial score (nSPS) is 49.9. The Bertz CT molecular complexity index is 1030. The molecule has 0 aromatic carbocycles. The molecule has 1 N–H and O–H groups in total. The predicted molar refractivity (Wildman–Crippen MR) is 154 cm³/mol. The van der Waals surface area contributed by atoms with Crippen LogP contribution in [0.15, 0.2) is 0 Å². The maximum atomic E-state index is 12.6. The summed E-state index contributed by atoms with van der Waals surface area (Å²) in [4.78, 5) is 24.6. The smallest absolute Gasteiger partial charge is 0.302 e. The highest BCUT2D eigenvalue weighted by molar-refractivity contribution is 5.66. The van der Waals surface area contributed by atoms with Gasteiger partial charge in [-0.2, -0.15) is 0 Å². The minimum absolute atomic E-state index is 0.0186. The molecular formula is C34H56O6. The van der Waals surface area contributed by atoms with Crippen LogP contribution in [0.4, 0.5) is 0 Å². The van der Waals surface area contributed by atoms with Crippen LogP contribution in [0.3, 0.4) is 0 Å². The van der Waals surface area contributed by atoms with E-state index in [9.17, 15) is 14.7 Å². The van der Waals surface area contributed by atoms with E-state index in [2.05, 4.69) is 41.5 Å². The first kappa shape index (κ1) is 30.3. The Kier molecular flexibility index (Phi) is 7.15. The zero-order valence-corrected chi connectivity index (χ0v) is 26.9. The van der Waals surface area contributed by atoms with E-state index in [1.54, 1.807) is 6.92 Å². The number of aliphatic hydroxyl groups is 1. The summed E-state index contributed by atoms with van der Waals surface area (Å²) >= 11 is 0. The zero-order valence-electron chi connectivity index (χ0n) is 26.9. The van der Waals surface area contributed by atoms with Gasteiger partial charge in [-0.15, -0.1) is 0 Å². The van der Waals surface area contributed by atoms with Crippen molar-refractivity contribution in [3.05, 3.63) is 0 Å². The van der Waals surface area contributed by atoms with Crippen LogP contribution in [0.5, 0.6) is 0 Å². The Morgan fingerprint density at radius 2 is 1.43 bits per heavy atom. The molecule has 0 spiro atoms. The summed E-state index contributed by atoms with van der Waals surface area (Å²) in [7, 11) is 0. The summed E-state index contributed by atoms with van der Waals surface area (Å²) in [6, 6.07) is 0. The molecule has 1 saturated heterocycles. The monoisotopic (exact) mass is 560 g/mol. The second kappa shape index (κ2) is 9.43. The van der Waals surface area contributed by atoms with E-state index in [0.717, 1.165) is 57.8 Å². The molecule has 228 valence electrons. The molecule has 1 aliphatic heterocycles. The number of hydrogen-bond donors (Lipinski definition) is 1. The molecule has 0 aromatic rings. The van der Waals surface area contributed by atoms with E-state index in [1.165, 1.54) is 6.92 Å². The first-order chi connectivity index (χ1) is 18.3.